The van der Waals surface area contributed by atoms with Crippen molar-refractivity contribution in [3.8, 4) is 0 Å². The second-order valence-corrected chi connectivity index (χ2v) is 8.73. The summed E-state index contributed by atoms with van der Waals surface area (Å²) in [4.78, 5) is 39.5. The van der Waals surface area contributed by atoms with Crippen LogP contribution in [0.15, 0.2) is 36.5 Å². The van der Waals surface area contributed by atoms with E-state index in [0.717, 1.165) is 31.4 Å². The van der Waals surface area contributed by atoms with Crippen LogP contribution in [0.4, 0.5) is 0 Å². The number of benzene rings is 1. The first kappa shape index (κ1) is 23.8. The van der Waals surface area contributed by atoms with Gasteiger partial charge in [-0.15, -0.1) is 0 Å². The molecule has 1 aromatic rings. The lowest BCUT2D eigenvalue weighted by Gasteiger charge is -2.36. The number of nitrogens with zero attached hydrogens (tertiary/aromatic N) is 1. The summed E-state index contributed by atoms with van der Waals surface area (Å²) < 4.78 is 0. The summed E-state index contributed by atoms with van der Waals surface area (Å²) in [5.74, 6) is -1.23. The molecule has 1 aromatic carbocycles. The van der Waals surface area contributed by atoms with Crippen molar-refractivity contribution in [3.63, 3.8) is 0 Å². The van der Waals surface area contributed by atoms with E-state index in [9.17, 15) is 14.4 Å². The minimum atomic E-state index is -1.00. The van der Waals surface area contributed by atoms with Crippen molar-refractivity contribution >= 4 is 17.8 Å². The first-order chi connectivity index (χ1) is 15.3. The zero-order valence-corrected chi connectivity index (χ0v) is 18.9. The summed E-state index contributed by atoms with van der Waals surface area (Å²) in [5.41, 5.74) is 1.66. The number of aromatic carboxylic acids is 1. The predicted octanol–water partition coefficient (Wildman–Crippen LogP) is 2.01. The predicted molar refractivity (Wildman–Crippen MR) is 122 cm³/mol. The fourth-order valence-electron chi connectivity index (χ4n) is 4.57. The number of hydrogen-bond acceptors (Lipinski definition) is 5. The number of rotatable bonds is 8. The van der Waals surface area contributed by atoms with Gasteiger partial charge in [0.25, 0.3) is 0 Å². The molecule has 32 heavy (non-hydrogen) atoms. The number of nitrogens with one attached hydrogen (secondary N) is 3. The lowest BCUT2D eigenvalue weighted by Crippen LogP contribution is -2.56. The number of amides is 2. The van der Waals surface area contributed by atoms with E-state index in [1.165, 1.54) is 6.07 Å². The van der Waals surface area contributed by atoms with E-state index in [4.69, 9.17) is 5.11 Å². The Morgan fingerprint density at radius 2 is 1.97 bits per heavy atom. The highest BCUT2D eigenvalue weighted by molar-refractivity contribution is 5.91. The molecule has 2 aliphatic heterocycles. The molecule has 0 bridgehead atoms. The summed E-state index contributed by atoms with van der Waals surface area (Å²) in [6, 6.07) is 5.72. The normalized spacial score (nSPS) is 24.1. The second kappa shape index (κ2) is 10.6. The van der Waals surface area contributed by atoms with Crippen LogP contribution in [0, 0.1) is 0 Å². The molecule has 0 aromatic heterocycles. The zero-order valence-electron chi connectivity index (χ0n) is 18.9. The maximum Gasteiger partial charge on any atom is 0.335 e. The molecular formula is C24H34N4O4. The van der Waals surface area contributed by atoms with Crippen LogP contribution >= 0.6 is 0 Å². The Bertz CT molecular complexity index is 871. The van der Waals surface area contributed by atoms with E-state index in [0.29, 0.717) is 18.4 Å². The largest absolute Gasteiger partial charge is 0.478 e. The van der Waals surface area contributed by atoms with Gasteiger partial charge in [-0.25, -0.2) is 4.79 Å². The average molecular weight is 443 g/mol. The summed E-state index contributed by atoms with van der Waals surface area (Å²) in [6.07, 6.45) is 5.07. The Kier molecular flexibility index (Phi) is 7.90. The molecule has 4 N–H and O–H groups in total. The van der Waals surface area contributed by atoms with Crippen molar-refractivity contribution < 1.29 is 19.5 Å². The van der Waals surface area contributed by atoms with Crippen molar-refractivity contribution in [3.05, 3.63) is 47.7 Å². The Labute approximate surface area is 189 Å². The Hall–Kier alpha value is -2.87. The SMILES string of the molecule is C=C(N[C@H]1CCCC[C@H]2CC[C@@H](C(=O)NCc3cccc(C(=O)O)c3)N2C1=O)[C@H](C)NC. The third-order valence-corrected chi connectivity index (χ3v) is 6.59. The van der Waals surface area contributed by atoms with Crippen LogP contribution in [0.3, 0.4) is 0 Å². The number of carbonyl (C=O) groups excluding carboxylic acids is 2. The fraction of sp³-hybridized carbons (Fsp3) is 0.542. The molecule has 8 nitrogen and oxygen atoms in total. The zero-order chi connectivity index (χ0) is 23.3. The van der Waals surface area contributed by atoms with Crippen LogP contribution in [0.25, 0.3) is 0 Å². The second-order valence-electron chi connectivity index (χ2n) is 8.73. The van der Waals surface area contributed by atoms with Gasteiger partial charge in [0.2, 0.25) is 11.8 Å². The fourth-order valence-corrected chi connectivity index (χ4v) is 4.57. The lowest BCUT2D eigenvalue weighted by molar-refractivity contribution is -0.142. The highest BCUT2D eigenvalue weighted by Crippen LogP contribution is 2.31. The molecule has 3 rings (SSSR count). The van der Waals surface area contributed by atoms with E-state index in [1.807, 2.05) is 14.0 Å². The molecule has 0 aliphatic carbocycles. The number of carboxylic acids is 1. The first-order valence-electron chi connectivity index (χ1n) is 11.4. The van der Waals surface area contributed by atoms with Crippen LogP contribution in [-0.2, 0) is 16.1 Å². The standard InChI is InChI=1S/C24H34N4O4/c1-15(25-3)16(2)27-20-10-5-4-9-19-11-12-21(28(19)23(20)30)22(29)26-14-17-7-6-8-18(13-17)24(31)32/h6-8,13,15,19-21,25,27H,2,4-5,9-12,14H2,1,3H3,(H,26,29)(H,31,32)/t15-,19-,20-,21-/m0/s1. The van der Waals surface area contributed by atoms with Crippen molar-refractivity contribution in [2.45, 2.75) is 76.2 Å². The van der Waals surface area contributed by atoms with Crippen LogP contribution in [0.2, 0.25) is 0 Å². The van der Waals surface area contributed by atoms with Gasteiger partial charge in [0.15, 0.2) is 0 Å². The van der Waals surface area contributed by atoms with Crippen molar-refractivity contribution in [2.75, 3.05) is 7.05 Å². The molecular weight excluding hydrogens is 408 g/mol. The number of likely N-dealkylation sites (N-methyl/N-ethyl adjacent to an activating group) is 1. The van der Waals surface area contributed by atoms with E-state index in [-0.39, 0.29) is 42.0 Å². The molecule has 4 atom stereocenters. The first-order valence-corrected chi connectivity index (χ1v) is 11.4. The van der Waals surface area contributed by atoms with Gasteiger partial charge in [0.1, 0.15) is 12.1 Å². The summed E-state index contributed by atoms with van der Waals surface area (Å²) in [7, 11) is 1.85. The third-order valence-electron chi connectivity index (χ3n) is 6.59. The van der Waals surface area contributed by atoms with E-state index < -0.39 is 12.0 Å². The van der Waals surface area contributed by atoms with Gasteiger partial charge in [-0.3, -0.25) is 9.59 Å². The van der Waals surface area contributed by atoms with Crippen molar-refractivity contribution in [2.24, 2.45) is 0 Å². The Morgan fingerprint density at radius 1 is 1.22 bits per heavy atom. The maximum atomic E-state index is 13.5. The number of hydrogen-bond donors (Lipinski definition) is 4. The molecule has 174 valence electrons. The van der Waals surface area contributed by atoms with Gasteiger partial charge in [-0.1, -0.05) is 31.6 Å². The smallest absolute Gasteiger partial charge is 0.335 e. The van der Waals surface area contributed by atoms with Gasteiger partial charge >= 0.3 is 5.97 Å². The third kappa shape index (κ3) is 5.48. The molecule has 2 fully saturated rings. The van der Waals surface area contributed by atoms with Crippen LogP contribution in [0.5, 0.6) is 0 Å². The molecule has 0 unspecified atom stereocenters. The number of fused-ring (bicyclic) bond motifs is 1. The molecule has 2 heterocycles. The molecule has 0 radical (unpaired) electrons. The molecule has 2 aliphatic rings. The molecule has 2 amide bonds. The van der Waals surface area contributed by atoms with Crippen molar-refractivity contribution in [1.29, 1.82) is 0 Å². The monoisotopic (exact) mass is 442 g/mol. The molecule has 0 spiro atoms. The van der Waals surface area contributed by atoms with Gasteiger partial charge in [0.05, 0.1) is 5.56 Å². The van der Waals surface area contributed by atoms with E-state index >= 15 is 0 Å². The Morgan fingerprint density at radius 3 is 2.69 bits per heavy atom. The molecule has 2 saturated heterocycles. The average Bonchev–Trinajstić information content (AvgIpc) is 3.20. The summed E-state index contributed by atoms with van der Waals surface area (Å²) in [5, 5.41) is 18.5. The quantitative estimate of drug-likeness (QED) is 0.490. The van der Waals surface area contributed by atoms with Gasteiger partial charge < -0.3 is 26.0 Å². The minimum absolute atomic E-state index is 0.0308. The lowest BCUT2D eigenvalue weighted by atomic mass is 9.98. The van der Waals surface area contributed by atoms with Crippen molar-refractivity contribution in [1.82, 2.24) is 20.9 Å². The van der Waals surface area contributed by atoms with E-state index in [2.05, 4.69) is 22.5 Å². The van der Waals surface area contributed by atoms with Crippen LogP contribution < -0.4 is 16.0 Å². The maximum absolute atomic E-state index is 13.5. The van der Waals surface area contributed by atoms with Gasteiger partial charge in [-0.2, -0.15) is 0 Å². The molecule has 8 heteroatoms. The number of carboxylic acid groups (broad SMARTS) is 1. The van der Waals surface area contributed by atoms with Gasteiger partial charge in [0, 0.05) is 24.3 Å². The van der Waals surface area contributed by atoms with Crippen LogP contribution in [-0.4, -0.2) is 59.0 Å². The summed E-state index contributed by atoms with van der Waals surface area (Å²) >= 11 is 0. The number of carbonyl (C=O) groups is 3. The summed E-state index contributed by atoms with van der Waals surface area (Å²) in [6.45, 7) is 6.27. The Balaban J connectivity index is 1.69. The minimum Gasteiger partial charge on any atom is -0.478 e. The van der Waals surface area contributed by atoms with Gasteiger partial charge in [-0.05, 0) is 57.4 Å². The topological polar surface area (TPSA) is 111 Å². The molecule has 0 saturated carbocycles. The highest BCUT2D eigenvalue weighted by Gasteiger charge is 2.43. The van der Waals surface area contributed by atoms with Crippen LogP contribution in [0.1, 0.15) is 61.4 Å². The van der Waals surface area contributed by atoms with E-state index in [1.54, 1.807) is 23.1 Å². The highest BCUT2D eigenvalue weighted by atomic mass is 16.4.